The molecule has 0 aliphatic carbocycles. The molecule has 0 saturated carbocycles. The summed E-state index contributed by atoms with van der Waals surface area (Å²) in [4.78, 5) is 30.4. The number of carbonyl (C=O) groups excluding carboxylic acids is 2. The van der Waals surface area contributed by atoms with Gasteiger partial charge in [0.1, 0.15) is 5.65 Å². The summed E-state index contributed by atoms with van der Waals surface area (Å²) in [5.74, 6) is -0.586. The highest BCUT2D eigenvalue weighted by Gasteiger charge is 2.15. The number of hydrogen-bond donors (Lipinski definition) is 1. The molecule has 2 aromatic heterocycles. The summed E-state index contributed by atoms with van der Waals surface area (Å²) in [5.41, 5.74) is 5.33. The Morgan fingerprint density at radius 1 is 1.11 bits per heavy atom. The summed E-state index contributed by atoms with van der Waals surface area (Å²) in [7, 11) is 3.87. The van der Waals surface area contributed by atoms with E-state index in [1.807, 2.05) is 73.7 Å². The van der Waals surface area contributed by atoms with Gasteiger partial charge < -0.3 is 15.0 Å². The van der Waals surface area contributed by atoms with E-state index in [9.17, 15) is 14.9 Å². The minimum absolute atomic E-state index is 0.0268. The summed E-state index contributed by atoms with van der Waals surface area (Å²) in [6.45, 7) is 2.06. The summed E-state index contributed by atoms with van der Waals surface area (Å²) in [5, 5.41) is 13.1. The Hall–Kier alpha value is -4.74. The molecule has 0 unspecified atom stereocenters. The first kappa shape index (κ1) is 25.4. The number of nitriles is 1. The summed E-state index contributed by atoms with van der Waals surface area (Å²) >= 11 is 0. The van der Waals surface area contributed by atoms with Crippen LogP contribution in [0.15, 0.2) is 79.1 Å². The molecular weight excluding hydrogens is 466 g/mol. The number of ether oxygens (including phenoxy) is 1. The Bertz CT molecular complexity index is 1530. The average molecular weight is 494 g/mol. The van der Waals surface area contributed by atoms with Gasteiger partial charge in [0, 0.05) is 54.1 Å². The lowest BCUT2D eigenvalue weighted by molar-refractivity contribution is -0.144. The number of anilines is 1. The molecule has 1 amide bonds. The Morgan fingerprint density at radius 3 is 2.65 bits per heavy atom. The van der Waals surface area contributed by atoms with Crippen molar-refractivity contribution < 1.29 is 14.3 Å². The number of hydrogen-bond acceptors (Lipinski definition) is 6. The molecule has 186 valence electrons. The molecule has 0 aliphatic rings. The monoisotopic (exact) mass is 493 g/mol. The van der Waals surface area contributed by atoms with Gasteiger partial charge in [-0.15, -0.1) is 0 Å². The van der Waals surface area contributed by atoms with Crippen LogP contribution < -0.4 is 5.32 Å². The van der Waals surface area contributed by atoms with Crippen LogP contribution in [-0.2, 0) is 21.1 Å². The van der Waals surface area contributed by atoms with Crippen molar-refractivity contribution in [3.8, 4) is 28.3 Å². The number of aromatic nitrogens is 2. The molecule has 8 nitrogen and oxygen atoms in total. The zero-order valence-corrected chi connectivity index (χ0v) is 20.9. The molecule has 0 spiro atoms. The Balaban J connectivity index is 1.71. The largest absolute Gasteiger partial charge is 0.444 e. The lowest BCUT2D eigenvalue weighted by Crippen LogP contribution is -2.12. The molecule has 8 heteroatoms. The SMILES string of the molecule is CC(=O)OCn1cc(-c2cccc(C#N)c2)c2cc(-c3cccc(NC(=O)C=CCN(C)C)c3)cnc21. The van der Waals surface area contributed by atoms with Gasteiger partial charge in [0.05, 0.1) is 11.6 Å². The summed E-state index contributed by atoms with van der Waals surface area (Å²) in [6.07, 6.45) is 6.95. The van der Waals surface area contributed by atoms with E-state index in [0.717, 1.165) is 27.6 Å². The normalized spacial score (nSPS) is 11.1. The number of amides is 1. The molecule has 2 heterocycles. The molecule has 0 atom stereocenters. The van der Waals surface area contributed by atoms with Crippen LogP contribution >= 0.6 is 0 Å². The number of likely N-dealkylation sites (N-methyl/N-ethyl adjacent to an activating group) is 1. The maximum Gasteiger partial charge on any atom is 0.304 e. The van der Waals surface area contributed by atoms with Gasteiger partial charge in [-0.25, -0.2) is 4.98 Å². The molecule has 4 rings (SSSR count). The van der Waals surface area contributed by atoms with Crippen LogP contribution in [0.2, 0.25) is 0 Å². The van der Waals surface area contributed by atoms with Gasteiger partial charge in [0.25, 0.3) is 0 Å². The van der Waals surface area contributed by atoms with E-state index in [4.69, 9.17) is 4.74 Å². The van der Waals surface area contributed by atoms with Crippen molar-refractivity contribution in [3.05, 3.63) is 84.7 Å². The van der Waals surface area contributed by atoms with E-state index in [1.165, 1.54) is 13.0 Å². The van der Waals surface area contributed by atoms with E-state index < -0.39 is 0 Å². The number of nitrogens with one attached hydrogen (secondary N) is 1. The molecule has 1 N–H and O–H groups in total. The second kappa shape index (κ2) is 11.3. The number of nitrogens with zero attached hydrogens (tertiary/aromatic N) is 4. The second-order valence-corrected chi connectivity index (χ2v) is 8.80. The molecule has 37 heavy (non-hydrogen) atoms. The smallest absolute Gasteiger partial charge is 0.304 e. The predicted octanol–water partition coefficient (Wildman–Crippen LogP) is 4.82. The molecule has 4 aromatic rings. The fourth-order valence-corrected chi connectivity index (χ4v) is 3.91. The number of fused-ring (bicyclic) bond motifs is 1. The third-order valence-electron chi connectivity index (χ3n) is 5.63. The van der Waals surface area contributed by atoms with Crippen LogP contribution in [0.1, 0.15) is 12.5 Å². The van der Waals surface area contributed by atoms with Crippen molar-refractivity contribution in [1.82, 2.24) is 14.5 Å². The third kappa shape index (κ3) is 6.28. The second-order valence-electron chi connectivity index (χ2n) is 8.80. The summed E-state index contributed by atoms with van der Waals surface area (Å²) in [6, 6.07) is 19.1. The zero-order valence-electron chi connectivity index (χ0n) is 20.9. The number of carbonyl (C=O) groups is 2. The fourth-order valence-electron chi connectivity index (χ4n) is 3.91. The Kier molecular flexibility index (Phi) is 7.77. The fraction of sp³-hybridized carbons (Fsp3) is 0.172. The Morgan fingerprint density at radius 2 is 1.89 bits per heavy atom. The highest BCUT2D eigenvalue weighted by molar-refractivity contribution is 6.00. The van der Waals surface area contributed by atoms with Gasteiger partial charge in [-0.1, -0.05) is 30.3 Å². The van der Waals surface area contributed by atoms with Crippen LogP contribution in [0, 0.1) is 11.3 Å². The van der Waals surface area contributed by atoms with Crippen molar-refractivity contribution in [1.29, 1.82) is 5.26 Å². The minimum atomic E-state index is -0.387. The van der Waals surface area contributed by atoms with E-state index in [1.54, 1.807) is 22.9 Å². The number of rotatable bonds is 8. The quantitative estimate of drug-likeness (QED) is 0.279. The van der Waals surface area contributed by atoms with Crippen molar-refractivity contribution in [2.75, 3.05) is 26.0 Å². The Labute approximate surface area is 215 Å². The molecule has 2 aromatic carbocycles. The standard InChI is InChI=1S/C29H27N5O3/c1-20(35)37-19-34-18-27(23-9-4-7-21(13-23)16-30)26-15-24(17-31-29(26)34)22-8-5-10-25(14-22)32-28(36)11-6-12-33(2)3/h4-11,13-15,17-18H,12,19H2,1-3H3,(H,32,36). The number of esters is 1. The first-order chi connectivity index (χ1) is 17.8. The predicted molar refractivity (Wildman–Crippen MR) is 143 cm³/mol. The van der Waals surface area contributed by atoms with Crippen molar-refractivity contribution >= 4 is 28.6 Å². The van der Waals surface area contributed by atoms with E-state index in [-0.39, 0.29) is 18.6 Å². The molecule has 0 bridgehead atoms. The lowest BCUT2D eigenvalue weighted by Gasteiger charge is -2.08. The van der Waals surface area contributed by atoms with Crippen LogP contribution in [0.25, 0.3) is 33.3 Å². The summed E-state index contributed by atoms with van der Waals surface area (Å²) < 4.78 is 6.99. The van der Waals surface area contributed by atoms with Crippen molar-refractivity contribution in [2.45, 2.75) is 13.7 Å². The molecular formula is C29H27N5O3. The first-order valence-electron chi connectivity index (χ1n) is 11.7. The van der Waals surface area contributed by atoms with Crippen LogP contribution in [0.4, 0.5) is 5.69 Å². The third-order valence-corrected chi connectivity index (χ3v) is 5.63. The van der Waals surface area contributed by atoms with Crippen LogP contribution in [0.5, 0.6) is 0 Å². The maximum atomic E-state index is 12.3. The zero-order chi connectivity index (χ0) is 26.4. The van der Waals surface area contributed by atoms with E-state index in [0.29, 0.717) is 23.4 Å². The minimum Gasteiger partial charge on any atom is -0.444 e. The first-order valence-corrected chi connectivity index (χ1v) is 11.7. The van der Waals surface area contributed by atoms with Crippen molar-refractivity contribution in [3.63, 3.8) is 0 Å². The van der Waals surface area contributed by atoms with Gasteiger partial charge in [-0.05, 0) is 55.6 Å². The van der Waals surface area contributed by atoms with Gasteiger partial charge >= 0.3 is 5.97 Å². The van der Waals surface area contributed by atoms with Gasteiger partial charge in [-0.2, -0.15) is 5.26 Å². The lowest BCUT2D eigenvalue weighted by atomic mass is 10.0. The molecule has 0 fully saturated rings. The van der Waals surface area contributed by atoms with Crippen LogP contribution in [0.3, 0.4) is 0 Å². The molecule has 0 radical (unpaired) electrons. The van der Waals surface area contributed by atoms with Gasteiger partial charge in [-0.3, -0.25) is 14.2 Å². The topological polar surface area (TPSA) is 100 Å². The van der Waals surface area contributed by atoms with Crippen LogP contribution in [-0.4, -0.2) is 47.0 Å². The maximum absolute atomic E-state index is 12.3. The number of pyridine rings is 1. The number of benzene rings is 2. The highest BCUT2D eigenvalue weighted by atomic mass is 16.5. The molecule has 0 aliphatic heterocycles. The van der Waals surface area contributed by atoms with E-state index in [2.05, 4.69) is 16.4 Å². The highest BCUT2D eigenvalue weighted by Crippen LogP contribution is 2.33. The van der Waals surface area contributed by atoms with Gasteiger partial charge in [0.2, 0.25) is 5.91 Å². The van der Waals surface area contributed by atoms with Gasteiger partial charge in [0.15, 0.2) is 6.73 Å². The average Bonchev–Trinajstić information content (AvgIpc) is 3.25. The molecule has 0 saturated heterocycles. The van der Waals surface area contributed by atoms with Crippen molar-refractivity contribution in [2.24, 2.45) is 0 Å². The van der Waals surface area contributed by atoms with E-state index >= 15 is 0 Å².